The van der Waals surface area contributed by atoms with Crippen molar-refractivity contribution in [2.24, 2.45) is 5.92 Å². The highest BCUT2D eigenvalue weighted by Crippen LogP contribution is 2.31. The van der Waals surface area contributed by atoms with Crippen molar-refractivity contribution in [3.63, 3.8) is 0 Å². The molecular formula is C14H19NO3S2. The van der Waals surface area contributed by atoms with E-state index < -0.39 is 12.0 Å². The average Bonchev–Trinajstić information content (AvgIpc) is 2.81. The second-order valence-electron chi connectivity index (χ2n) is 5.36. The quantitative estimate of drug-likeness (QED) is 0.877. The standard InChI is InChI=1S/C14H19NO3S2/c1-8(2)5-10(14(17)18)15-13(16)12-6-9-7-19-4-3-11(9)20-12/h6,8,10H,3-5,7H2,1-2H3,(H,15,16)(H,17,18)/t10-/m0/s1. The number of carboxylic acid groups (broad SMARTS) is 1. The van der Waals surface area contributed by atoms with Crippen LogP contribution in [0.3, 0.4) is 0 Å². The van der Waals surface area contributed by atoms with Crippen molar-refractivity contribution in [2.45, 2.75) is 38.5 Å². The SMILES string of the molecule is CC(C)C[C@H](NC(=O)c1cc2c(s1)CCSC2)C(=O)O. The van der Waals surface area contributed by atoms with Gasteiger partial charge in [-0.2, -0.15) is 11.8 Å². The molecule has 0 saturated carbocycles. The molecule has 0 radical (unpaired) electrons. The highest BCUT2D eigenvalue weighted by Gasteiger charge is 2.24. The summed E-state index contributed by atoms with van der Waals surface area (Å²) in [4.78, 5) is 25.3. The van der Waals surface area contributed by atoms with Crippen LogP contribution in [0, 0.1) is 5.92 Å². The third-order valence-corrected chi connectivity index (χ3v) is 5.41. The van der Waals surface area contributed by atoms with Crippen molar-refractivity contribution < 1.29 is 14.7 Å². The zero-order valence-electron chi connectivity index (χ0n) is 11.6. The molecule has 1 aromatic heterocycles. The minimum Gasteiger partial charge on any atom is -0.480 e. The third kappa shape index (κ3) is 3.76. The Bertz CT molecular complexity index is 487. The Morgan fingerprint density at radius 2 is 2.20 bits per heavy atom. The van der Waals surface area contributed by atoms with Gasteiger partial charge in [0.1, 0.15) is 6.04 Å². The lowest BCUT2D eigenvalue weighted by Gasteiger charge is -2.15. The number of nitrogens with one attached hydrogen (secondary N) is 1. The molecule has 0 saturated heterocycles. The van der Waals surface area contributed by atoms with E-state index in [2.05, 4.69) is 5.32 Å². The number of rotatable bonds is 5. The smallest absolute Gasteiger partial charge is 0.326 e. The Balaban J connectivity index is 2.06. The van der Waals surface area contributed by atoms with Crippen LogP contribution in [-0.2, 0) is 17.0 Å². The van der Waals surface area contributed by atoms with E-state index in [9.17, 15) is 9.59 Å². The Labute approximate surface area is 127 Å². The van der Waals surface area contributed by atoms with Crippen molar-refractivity contribution >= 4 is 35.0 Å². The monoisotopic (exact) mass is 313 g/mol. The second kappa shape index (κ2) is 6.63. The van der Waals surface area contributed by atoms with Gasteiger partial charge < -0.3 is 10.4 Å². The van der Waals surface area contributed by atoms with E-state index in [4.69, 9.17) is 5.11 Å². The summed E-state index contributed by atoms with van der Waals surface area (Å²) in [6.45, 7) is 3.90. The van der Waals surface area contributed by atoms with Crippen molar-refractivity contribution in [1.29, 1.82) is 0 Å². The molecule has 0 fully saturated rings. The van der Waals surface area contributed by atoms with Crippen molar-refractivity contribution in [3.8, 4) is 0 Å². The number of fused-ring (bicyclic) bond motifs is 1. The molecule has 1 aromatic rings. The van der Waals surface area contributed by atoms with Gasteiger partial charge in [0.05, 0.1) is 4.88 Å². The van der Waals surface area contributed by atoms with Gasteiger partial charge in [-0.15, -0.1) is 11.3 Å². The van der Waals surface area contributed by atoms with Crippen LogP contribution in [0.2, 0.25) is 0 Å². The summed E-state index contributed by atoms with van der Waals surface area (Å²) in [6.07, 6.45) is 1.45. The summed E-state index contributed by atoms with van der Waals surface area (Å²) in [5.41, 5.74) is 1.23. The normalized spacial score (nSPS) is 15.8. The van der Waals surface area contributed by atoms with E-state index in [1.807, 2.05) is 31.7 Å². The van der Waals surface area contributed by atoms with E-state index in [0.717, 1.165) is 17.9 Å². The molecule has 0 unspecified atom stereocenters. The van der Waals surface area contributed by atoms with Crippen LogP contribution in [0.4, 0.5) is 0 Å². The minimum absolute atomic E-state index is 0.226. The van der Waals surface area contributed by atoms with Gasteiger partial charge in [0.2, 0.25) is 0 Å². The van der Waals surface area contributed by atoms with Crippen molar-refractivity contribution in [3.05, 3.63) is 21.4 Å². The molecule has 1 aliphatic rings. The van der Waals surface area contributed by atoms with Crippen LogP contribution in [0.25, 0.3) is 0 Å². The minimum atomic E-state index is -0.969. The molecular weight excluding hydrogens is 294 g/mol. The molecule has 0 bridgehead atoms. The summed E-state index contributed by atoms with van der Waals surface area (Å²) in [5.74, 6) is 1.04. The van der Waals surface area contributed by atoms with Crippen LogP contribution < -0.4 is 5.32 Å². The first-order chi connectivity index (χ1) is 9.47. The first-order valence-electron chi connectivity index (χ1n) is 6.70. The number of carboxylic acids is 1. The van der Waals surface area contributed by atoms with Crippen LogP contribution in [0.15, 0.2) is 6.07 Å². The molecule has 2 heterocycles. The number of aliphatic carboxylic acids is 1. The predicted molar refractivity (Wildman–Crippen MR) is 82.5 cm³/mol. The summed E-state index contributed by atoms with van der Waals surface area (Å²) >= 11 is 3.37. The molecule has 6 heteroatoms. The van der Waals surface area contributed by atoms with Gasteiger partial charge in [-0.25, -0.2) is 4.79 Å². The number of carbonyl (C=O) groups is 2. The topological polar surface area (TPSA) is 66.4 Å². The highest BCUT2D eigenvalue weighted by atomic mass is 32.2. The summed E-state index contributed by atoms with van der Waals surface area (Å²) in [7, 11) is 0. The van der Waals surface area contributed by atoms with Gasteiger partial charge in [-0.3, -0.25) is 4.79 Å². The Morgan fingerprint density at radius 3 is 2.80 bits per heavy atom. The van der Waals surface area contributed by atoms with E-state index >= 15 is 0 Å². The van der Waals surface area contributed by atoms with Gasteiger partial charge in [0.25, 0.3) is 5.91 Å². The molecule has 1 aliphatic heterocycles. The van der Waals surface area contributed by atoms with E-state index in [1.54, 1.807) is 0 Å². The summed E-state index contributed by atoms with van der Waals surface area (Å²) in [5, 5.41) is 11.8. The lowest BCUT2D eigenvalue weighted by Crippen LogP contribution is -2.41. The second-order valence-corrected chi connectivity index (χ2v) is 7.60. The Kier molecular flexibility index (Phi) is 5.10. The van der Waals surface area contributed by atoms with Gasteiger partial charge in [0, 0.05) is 10.6 Å². The largest absolute Gasteiger partial charge is 0.480 e. The maximum absolute atomic E-state index is 12.2. The fourth-order valence-corrected chi connectivity index (χ4v) is 4.46. The van der Waals surface area contributed by atoms with Crippen LogP contribution in [-0.4, -0.2) is 28.8 Å². The van der Waals surface area contributed by atoms with Gasteiger partial charge in [0.15, 0.2) is 0 Å². The Morgan fingerprint density at radius 1 is 1.45 bits per heavy atom. The van der Waals surface area contributed by atoms with Gasteiger partial charge in [-0.05, 0) is 36.1 Å². The first-order valence-corrected chi connectivity index (χ1v) is 8.67. The molecule has 4 nitrogen and oxygen atoms in total. The molecule has 0 aromatic carbocycles. The zero-order valence-corrected chi connectivity index (χ0v) is 13.3. The highest BCUT2D eigenvalue weighted by molar-refractivity contribution is 7.98. The number of aryl methyl sites for hydroxylation is 1. The molecule has 1 amide bonds. The lowest BCUT2D eigenvalue weighted by atomic mass is 10.0. The number of amides is 1. The van der Waals surface area contributed by atoms with Gasteiger partial charge in [-0.1, -0.05) is 13.8 Å². The van der Waals surface area contributed by atoms with Crippen molar-refractivity contribution in [2.75, 3.05) is 5.75 Å². The van der Waals surface area contributed by atoms with Gasteiger partial charge >= 0.3 is 5.97 Å². The van der Waals surface area contributed by atoms with Crippen LogP contribution in [0.5, 0.6) is 0 Å². The number of thioether (sulfide) groups is 1. The number of carbonyl (C=O) groups excluding carboxylic acids is 1. The Hall–Kier alpha value is -1.01. The van der Waals surface area contributed by atoms with E-state index in [0.29, 0.717) is 11.3 Å². The summed E-state index contributed by atoms with van der Waals surface area (Å²) < 4.78 is 0. The van der Waals surface area contributed by atoms with Crippen LogP contribution >= 0.6 is 23.1 Å². The number of thiophene rings is 1. The first kappa shape index (κ1) is 15.4. The van der Waals surface area contributed by atoms with E-state index in [1.165, 1.54) is 21.8 Å². The van der Waals surface area contributed by atoms with E-state index in [-0.39, 0.29) is 11.8 Å². The van der Waals surface area contributed by atoms with Crippen LogP contribution in [0.1, 0.15) is 40.4 Å². The average molecular weight is 313 g/mol. The molecule has 0 aliphatic carbocycles. The third-order valence-electron chi connectivity index (χ3n) is 3.16. The zero-order chi connectivity index (χ0) is 14.7. The maximum Gasteiger partial charge on any atom is 0.326 e. The summed E-state index contributed by atoms with van der Waals surface area (Å²) in [6, 6.07) is 1.10. The molecule has 2 N–H and O–H groups in total. The lowest BCUT2D eigenvalue weighted by molar-refractivity contribution is -0.139. The number of hydrogen-bond donors (Lipinski definition) is 2. The number of hydrogen-bond acceptors (Lipinski definition) is 4. The molecule has 1 atom stereocenters. The molecule has 2 rings (SSSR count). The van der Waals surface area contributed by atoms with Crippen molar-refractivity contribution in [1.82, 2.24) is 5.32 Å². The maximum atomic E-state index is 12.2. The fraction of sp³-hybridized carbons (Fsp3) is 0.571. The predicted octanol–water partition coefficient (Wildman–Crippen LogP) is 2.77. The molecule has 0 spiro atoms. The fourth-order valence-electron chi connectivity index (χ4n) is 2.18. The molecule has 110 valence electrons. The molecule has 20 heavy (non-hydrogen) atoms.